The van der Waals surface area contributed by atoms with E-state index in [0.717, 1.165) is 0 Å². The van der Waals surface area contributed by atoms with E-state index in [0.29, 0.717) is 5.16 Å². The summed E-state index contributed by atoms with van der Waals surface area (Å²) in [6.45, 7) is 3.69. The van der Waals surface area contributed by atoms with Crippen molar-refractivity contribution >= 4 is 22.8 Å². The van der Waals surface area contributed by atoms with Crippen LogP contribution in [-0.2, 0) is 20.4 Å². The fourth-order valence-corrected chi connectivity index (χ4v) is 1.64. The molecule has 0 saturated heterocycles. The first-order chi connectivity index (χ1) is 9.01. The van der Waals surface area contributed by atoms with E-state index in [-0.39, 0.29) is 35.5 Å². The number of nitrogens with zero attached hydrogens (tertiary/aromatic N) is 3. The lowest BCUT2D eigenvalue weighted by Crippen LogP contribution is -2.21. The van der Waals surface area contributed by atoms with Gasteiger partial charge in [-0.15, -0.1) is 5.10 Å². The minimum atomic E-state index is -0.732. The van der Waals surface area contributed by atoms with Crippen molar-refractivity contribution in [1.82, 2.24) is 15.2 Å². The lowest BCUT2D eigenvalue weighted by Gasteiger charge is -2.06. The van der Waals surface area contributed by atoms with Crippen molar-refractivity contribution in [1.29, 1.82) is 0 Å². The van der Waals surface area contributed by atoms with Crippen molar-refractivity contribution in [3.05, 3.63) is 11.4 Å². The third kappa shape index (κ3) is 3.88. The SMILES string of the molecule is CCOC(=O)c1nnc([S+](C)C)nc1C(=O)OCC. The van der Waals surface area contributed by atoms with Gasteiger partial charge in [-0.1, -0.05) is 5.10 Å². The van der Waals surface area contributed by atoms with Crippen molar-refractivity contribution in [2.45, 2.75) is 19.0 Å². The highest BCUT2D eigenvalue weighted by Gasteiger charge is 2.27. The van der Waals surface area contributed by atoms with Crippen LogP contribution in [0.25, 0.3) is 0 Å². The summed E-state index contributed by atoms with van der Waals surface area (Å²) in [7, 11) is -0.280. The zero-order valence-corrected chi connectivity index (χ0v) is 12.1. The van der Waals surface area contributed by atoms with Crippen LogP contribution >= 0.6 is 0 Å². The van der Waals surface area contributed by atoms with Crippen LogP contribution in [0.5, 0.6) is 0 Å². The summed E-state index contributed by atoms with van der Waals surface area (Å²) in [5.74, 6) is -1.43. The molecule has 0 spiro atoms. The second-order valence-corrected chi connectivity index (χ2v) is 5.55. The lowest BCUT2D eigenvalue weighted by atomic mass is 10.3. The van der Waals surface area contributed by atoms with E-state index >= 15 is 0 Å². The third-order valence-corrected chi connectivity index (χ3v) is 2.87. The Balaban J connectivity index is 3.22. The van der Waals surface area contributed by atoms with E-state index in [9.17, 15) is 9.59 Å². The molecule has 1 aromatic rings. The molecule has 0 radical (unpaired) electrons. The molecule has 1 rings (SSSR count). The van der Waals surface area contributed by atoms with E-state index in [4.69, 9.17) is 9.47 Å². The predicted octanol–water partition coefficient (Wildman–Crippen LogP) is 0.462. The second kappa shape index (κ2) is 7.03. The minimum Gasteiger partial charge on any atom is -0.461 e. The zero-order chi connectivity index (χ0) is 14.4. The van der Waals surface area contributed by atoms with Gasteiger partial charge in [0.2, 0.25) is 5.69 Å². The monoisotopic (exact) mass is 286 g/mol. The number of aromatic nitrogens is 3. The molecule has 8 heteroatoms. The van der Waals surface area contributed by atoms with E-state index in [1.165, 1.54) is 0 Å². The van der Waals surface area contributed by atoms with Crippen LogP contribution < -0.4 is 0 Å². The number of carbonyl (C=O) groups is 2. The van der Waals surface area contributed by atoms with Gasteiger partial charge < -0.3 is 9.47 Å². The number of esters is 2. The molecule has 0 amide bonds. The quantitative estimate of drug-likeness (QED) is 0.573. The molecule has 0 aliphatic carbocycles. The minimum absolute atomic E-state index is 0.147. The fraction of sp³-hybridized carbons (Fsp3) is 0.545. The number of rotatable bonds is 5. The summed E-state index contributed by atoms with van der Waals surface area (Å²) in [6, 6.07) is 0. The first kappa shape index (κ1) is 15.4. The maximum Gasteiger partial charge on any atom is 0.363 e. The molecule has 7 nitrogen and oxygen atoms in total. The Bertz CT molecular complexity index is 479. The topological polar surface area (TPSA) is 91.3 Å². The van der Waals surface area contributed by atoms with Crippen molar-refractivity contribution in [3.63, 3.8) is 0 Å². The molecule has 104 valence electrons. The van der Waals surface area contributed by atoms with E-state index < -0.39 is 11.9 Å². The molecule has 0 bridgehead atoms. The van der Waals surface area contributed by atoms with Crippen LogP contribution in [0.1, 0.15) is 34.8 Å². The maximum atomic E-state index is 11.8. The van der Waals surface area contributed by atoms with Crippen LogP contribution in [0.2, 0.25) is 0 Å². The molecule has 0 N–H and O–H groups in total. The first-order valence-electron chi connectivity index (χ1n) is 5.67. The van der Waals surface area contributed by atoms with Gasteiger partial charge in [-0.25, -0.2) is 9.59 Å². The molecule has 0 unspecified atom stereocenters. The molecule has 1 heterocycles. The van der Waals surface area contributed by atoms with Crippen molar-refractivity contribution in [3.8, 4) is 0 Å². The summed E-state index contributed by atoms with van der Waals surface area (Å²) in [6.07, 6.45) is 3.77. The molecule has 1 aromatic heterocycles. The Morgan fingerprint density at radius 1 is 1.00 bits per heavy atom. The molecule has 0 aromatic carbocycles. The largest absolute Gasteiger partial charge is 0.461 e. The van der Waals surface area contributed by atoms with Gasteiger partial charge >= 0.3 is 17.1 Å². The van der Waals surface area contributed by atoms with Gasteiger partial charge in [0.25, 0.3) is 0 Å². The van der Waals surface area contributed by atoms with Gasteiger partial charge in [0.15, 0.2) is 5.69 Å². The first-order valence-corrected chi connectivity index (χ1v) is 7.71. The van der Waals surface area contributed by atoms with Gasteiger partial charge in [0, 0.05) is 0 Å². The number of ether oxygens (including phenoxy) is 2. The van der Waals surface area contributed by atoms with Gasteiger partial charge in [0.1, 0.15) is 12.5 Å². The Morgan fingerprint density at radius 3 is 2.00 bits per heavy atom. The Labute approximate surface area is 114 Å². The molecule has 19 heavy (non-hydrogen) atoms. The molecular weight excluding hydrogens is 270 g/mol. The van der Waals surface area contributed by atoms with E-state index in [2.05, 4.69) is 15.2 Å². The molecule has 0 fully saturated rings. The molecule has 0 atom stereocenters. The van der Waals surface area contributed by atoms with Gasteiger partial charge in [-0.2, -0.15) is 4.98 Å². The van der Waals surface area contributed by atoms with E-state index in [1.807, 2.05) is 12.5 Å². The number of hydrogen-bond acceptors (Lipinski definition) is 7. The van der Waals surface area contributed by atoms with Crippen LogP contribution in [0.15, 0.2) is 5.16 Å². The highest BCUT2D eigenvalue weighted by Crippen LogP contribution is 2.09. The standard InChI is InChI=1S/C11H16N3O4S/c1-5-17-9(15)7-8(10(16)18-6-2)13-14-11(12-7)19(3)4/h5-6H2,1-4H3/q+1. The van der Waals surface area contributed by atoms with Gasteiger partial charge in [-0.05, 0) is 13.8 Å². The summed E-state index contributed by atoms with van der Waals surface area (Å²) in [5.41, 5.74) is -0.360. The normalized spacial score (nSPS) is 10.4. The number of carbonyl (C=O) groups excluding carboxylic acids is 2. The summed E-state index contributed by atoms with van der Waals surface area (Å²) < 4.78 is 9.67. The highest BCUT2D eigenvalue weighted by molar-refractivity contribution is 7.95. The molecule has 0 aliphatic rings. The van der Waals surface area contributed by atoms with Crippen molar-refractivity contribution in [2.75, 3.05) is 25.7 Å². The van der Waals surface area contributed by atoms with Crippen molar-refractivity contribution < 1.29 is 19.1 Å². The zero-order valence-electron chi connectivity index (χ0n) is 11.3. The Morgan fingerprint density at radius 2 is 1.53 bits per heavy atom. The van der Waals surface area contributed by atoms with Crippen LogP contribution in [0, 0.1) is 0 Å². The average Bonchev–Trinajstić information content (AvgIpc) is 2.38. The summed E-state index contributed by atoms with van der Waals surface area (Å²) in [4.78, 5) is 27.5. The molecule has 0 aliphatic heterocycles. The fourth-order valence-electron chi connectivity index (χ4n) is 1.16. The van der Waals surface area contributed by atoms with Crippen LogP contribution in [-0.4, -0.2) is 52.8 Å². The van der Waals surface area contributed by atoms with E-state index in [1.54, 1.807) is 13.8 Å². The molecule has 0 saturated carbocycles. The van der Waals surface area contributed by atoms with Crippen molar-refractivity contribution in [2.24, 2.45) is 0 Å². The van der Waals surface area contributed by atoms with Crippen LogP contribution in [0.4, 0.5) is 0 Å². The van der Waals surface area contributed by atoms with Gasteiger partial charge in [-0.3, -0.25) is 0 Å². The highest BCUT2D eigenvalue weighted by atomic mass is 32.2. The Hall–Kier alpha value is -1.70. The molecular formula is C11H16N3O4S+. The van der Waals surface area contributed by atoms with Crippen LogP contribution in [0.3, 0.4) is 0 Å². The average molecular weight is 286 g/mol. The smallest absolute Gasteiger partial charge is 0.363 e. The number of hydrogen-bond donors (Lipinski definition) is 0. The summed E-state index contributed by atoms with van der Waals surface area (Å²) in [5, 5.41) is 7.97. The second-order valence-electron chi connectivity index (χ2n) is 3.55. The third-order valence-electron chi connectivity index (χ3n) is 1.97. The Kier molecular flexibility index (Phi) is 5.68. The maximum absolute atomic E-state index is 11.8. The lowest BCUT2D eigenvalue weighted by molar-refractivity contribution is 0.0464. The predicted molar refractivity (Wildman–Crippen MR) is 69.2 cm³/mol. The summed E-state index contributed by atoms with van der Waals surface area (Å²) >= 11 is 0. The van der Waals surface area contributed by atoms with Gasteiger partial charge in [0.05, 0.1) is 24.1 Å².